The van der Waals surface area contributed by atoms with E-state index in [0.29, 0.717) is 16.5 Å². The van der Waals surface area contributed by atoms with Crippen LogP contribution in [0.25, 0.3) is 0 Å². The van der Waals surface area contributed by atoms with Crippen molar-refractivity contribution in [3.63, 3.8) is 0 Å². The number of nitrogen functional groups attached to an aromatic ring is 1. The van der Waals surface area contributed by atoms with Crippen LogP contribution < -0.4 is 11.1 Å². The molecule has 0 radical (unpaired) electrons. The lowest BCUT2D eigenvalue weighted by molar-refractivity contribution is -0.119. The Labute approximate surface area is 105 Å². The molecule has 0 aliphatic carbocycles. The number of halogens is 1. The molecule has 16 heavy (non-hydrogen) atoms. The van der Waals surface area contributed by atoms with Gasteiger partial charge in [0.1, 0.15) is 0 Å². The standard InChI is InChI=1S/C11H15ClN2OS/c1-7(2)14-11(15)6-16-10-4-3-8(13)5-9(10)12/h3-5,7H,6,13H2,1-2H3,(H,14,15). The van der Waals surface area contributed by atoms with E-state index < -0.39 is 0 Å². The van der Waals surface area contributed by atoms with Crippen molar-refractivity contribution < 1.29 is 4.79 Å². The molecule has 0 unspecified atom stereocenters. The molecule has 3 nitrogen and oxygen atoms in total. The van der Waals surface area contributed by atoms with Gasteiger partial charge in [0, 0.05) is 16.6 Å². The molecule has 5 heteroatoms. The van der Waals surface area contributed by atoms with Gasteiger partial charge in [-0.15, -0.1) is 11.8 Å². The molecule has 1 aromatic carbocycles. The van der Waals surface area contributed by atoms with Gasteiger partial charge in [0.25, 0.3) is 0 Å². The second kappa shape index (κ2) is 6.01. The Kier molecular flexibility index (Phi) is 4.96. The Hall–Kier alpha value is -0.870. The van der Waals surface area contributed by atoms with E-state index in [1.165, 1.54) is 11.8 Å². The Balaban J connectivity index is 2.51. The average molecular weight is 259 g/mol. The van der Waals surface area contributed by atoms with Gasteiger partial charge in [-0.25, -0.2) is 0 Å². The van der Waals surface area contributed by atoms with Crippen LogP contribution in [0.2, 0.25) is 5.02 Å². The highest BCUT2D eigenvalue weighted by Crippen LogP contribution is 2.28. The van der Waals surface area contributed by atoms with E-state index in [1.807, 2.05) is 19.9 Å². The van der Waals surface area contributed by atoms with Crippen LogP contribution in [-0.2, 0) is 4.79 Å². The first-order chi connectivity index (χ1) is 7.49. The molecule has 0 saturated carbocycles. The maximum absolute atomic E-state index is 11.4. The van der Waals surface area contributed by atoms with Crippen molar-refractivity contribution in [3.05, 3.63) is 23.2 Å². The van der Waals surface area contributed by atoms with Gasteiger partial charge >= 0.3 is 0 Å². The average Bonchev–Trinajstić information content (AvgIpc) is 2.15. The Bertz CT molecular complexity index is 382. The van der Waals surface area contributed by atoms with Gasteiger partial charge < -0.3 is 11.1 Å². The zero-order chi connectivity index (χ0) is 12.1. The Morgan fingerprint density at radius 3 is 2.81 bits per heavy atom. The van der Waals surface area contributed by atoms with E-state index in [-0.39, 0.29) is 11.9 Å². The number of hydrogen-bond donors (Lipinski definition) is 2. The summed E-state index contributed by atoms with van der Waals surface area (Å²) >= 11 is 7.39. The van der Waals surface area contributed by atoms with Crippen molar-refractivity contribution in [2.75, 3.05) is 11.5 Å². The molecule has 0 fully saturated rings. The molecule has 88 valence electrons. The normalized spacial score (nSPS) is 10.5. The minimum atomic E-state index is 0.00731. The minimum Gasteiger partial charge on any atom is -0.399 e. The summed E-state index contributed by atoms with van der Waals surface area (Å²) in [6.45, 7) is 3.86. The van der Waals surface area contributed by atoms with E-state index >= 15 is 0 Å². The molecule has 0 heterocycles. The van der Waals surface area contributed by atoms with E-state index in [2.05, 4.69) is 5.32 Å². The van der Waals surface area contributed by atoms with Crippen LogP contribution in [0.3, 0.4) is 0 Å². The first-order valence-electron chi connectivity index (χ1n) is 4.96. The van der Waals surface area contributed by atoms with Gasteiger partial charge in [-0.05, 0) is 32.0 Å². The number of nitrogens with one attached hydrogen (secondary N) is 1. The molecule has 0 spiro atoms. The number of nitrogens with two attached hydrogens (primary N) is 1. The second-order valence-electron chi connectivity index (χ2n) is 3.70. The fourth-order valence-electron chi connectivity index (χ4n) is 1.14. The van der Waals surface area contributed by atoms with E-state index in [0.717, 1.165) is 4.90 Å². The fraction of sp³-hybridized carbons (Fsp3) is 0.364. The molecular formula is C11H15ClN2OS. The largest absolute Gasteiger partial charge is 0.399 e. The molecule has 0 bridgehead atoms. The third kappa shape index (κ3) is 4.33. The van der Waals surface area contributed by atoms with Crippen LogP contribution in [0.15, 0.2) is 23.1 Å². The number of thioether (sulfide) groups is 1. The summed E-state index contributed by atoms with van der Waals surface area (Å²) in [6.07, 6.45) is 0. The molecule has 3 N–H and O–H groups in total. The zero-order valence-electron chi connectivity index (χ0n) is 9.29. The quantitative estimate of drug-likeness (QED) is 0.645. The van der Waals surface area contributed by atoms with Crippen molar-refractivity contribution in [1.29, 1.82) is 0 Å². The first kappa shape index (κ1) is 13.2. The van der Waals surface area contributed by atoms with E-state index in [1.54, 1.807) is 12.1 Å². The van der Waals surface area contributed by atoms with Crippen LogP contribution in [0, 0.1) is 0 Å². The first-order valence-corrected chi connectivity index (χ1v) is 6.32. The minimum absolute atomic E-state index is 0.00731. The van der Waals surface area contributed by atoms with Gasteiger partial charge in [-0.2, -0.15) is 0 Å². The van der Waals surface area contributed by atoms with Gasteiger partial charge in [0.15, 0.2) is 0 Å². The second-order valence-corrected chi connectivity index (χ2v) is 5.13. The SMILES string of the molecule is CC(C)NC(=O)CSc1ccc(N)cc1Cl. The van der Waals surface area contributed by atoms with Crippen molar-refractivity contribution in [3.8, 4) is 0 Å². The Morgan fingerprint density at radius 1 is 1.56 bits per heavy atom. The predicted octanol–water partition coefficient (Wildman–Crippen LogP) is 2.54. The van der Waals surface area contributed by atoms with Crippen molar-refractivity contribution in [1.82, 2.24) is 5.32 Å². The molecule has 0 aliphatic rings. The molecule has 0 aliphatic heterocycles. The number of amides is 1. The summed E-state index contributed by atoms with van der Waals surface area (Å²) in [5.74, 6) is 0.370. The monoisotopic (exact) mass is 258 g/mol. The van der Waals surface area contributed by atoms with Crippen molar-refractivity contribution in [2.45, 2.75) is 24.8 Å². The number of carbonyl (C=O) groups excluding carboxylic acids is 1. The molecule has 1 amide bonds. The lowest BCUT2D eigenvalue weighted by atomic mass is 10.3. The summed E-state index contributed by atoms with van der Waals surface area (Å²) in [5, 5.41) is 3.40. The summed E-state index contributed by atoms with van der Waals surface area (Å²) in [6, 6.07) is 5.44. The summed E-state index contributed by atoms with van der Waals surface area (Å²) in [4.78, 5) is 12.3. The smallest absolute Gasteiger partial charge is 0.230 e. The topological polar surface area (TPSA) is 55.1 Å². The van der Waals surface area contributed by atoms with Gasteiger partial charge in [-0.1, -0.05) is 11.6 Å². The third-order valence-electron chi connectivity index (χ3n) is 1.76. The predicted molar refractivity (Wildman–Crippen MR) is 69.9 cm³/mol. The van der Waals surface area contributed by atoms with Crippen LogP contribution in [0.1, 0.15) is 13.8 Å². The fourth-order valence-corrected chi connectivity index (χ4v) is 2.22. The maximum Gasteiger partial charge on any atom is 0.230 e. The lowest BCUT2D eigenvalue weighted by Gasteiger charge is -2.08. The molecule has 0 atom stereocenters. The highest BCUT2D eigenvalue weighted by atomic mass is 35.5. The summed E-state index contributed by atoms with van der Waals surface area (Å²) < 4.78 is 0. The number of benzene rings is 1. The summed E-state index contributed by atoms with van der Waals surface area (Å²) in [7, 11) is 0. The highest BCUT2D eigenvalue weighted by Gasteiger charge is 2.06. The third-order valence-corrected chi connectivity index (χ3v) is 3.26. The van der Waals surface area contributed by atoms with Crippen LogP contribution in [0.4, 0.5) is 5.69 Å². The van der Waals surface area contributed by atoms with E-state index in [4.69, 9.17) is 17.3 Å². The molecular weight excluding hydrogens is 244 g/mol. The lowest BCUT2D eigenvalue weighted by Crippen LogP contribution is -2.31. The van der Waals surface area contributed by atoms with Crippen molar-refractivity contribution in [2.24, 2.45) is 0 Å². The van der Waals surface area contributed by atoms with E-state index in [9.17, 15) is 4.79 Å². The van der Waals surface area contributed by atoms with Crippen LogP contribution in [0.5, 0.6) is 0 Å². The van der Waals surface area contributed by atoms with Crippen molar-refractivity contribution >= 4 is 35.0 Å². The van der Waals surface area contributed by atoms with Gasteiger partial charge in [0.05, 0.1) is 10.8 Å². The molecule has 0 aromatic heterocycles. The number of anilines is 1. The molecule has 1 rings (SSSR count). The van der Waals surface area contributed by atoms with Crippen LogP contribution in [-0.4, -0.2) is 17.7 Å². The maximum atomic E-state index is 11.4. The van der Waals surface area contributed by atoms with Gasteiger partial charge in [0.2, 0.25) is 5.91 Å². The number of rotatable bonds is 4. The van der Waals surface area contributed by atoms with Crippen LogP contribution >= 0.6 is 23.4 Å². The summed E-state index contributed by atoms with van der Waals surface area (Å²) in [5.41, 5.74) is 6.20. The number of hydrogen-bond acceptors (Lipinski definition) is 3. The highest BCUT2D eigenvalue weighted by molar-refractivity contribution is 8.00. The molecule has 0 saturated heterocycles. The zero-order valence-corrected chi connectivity index (χ0v) is 10.9. The Morgan fingerprint density at radius 2 is 2.25 bits per heavy atom. The molecule has 1 aromatic rings. The number of carbonyl (C=O) groups is 1. The van der Waals surface area contributed by atoms with Gasteiger partial charge in [-0.3, -0.25) is 4.79 Å².